The molecule has 1 unspecified atom stereocenters. The maximum atomic E-state index is 14.4. The van der Waals surface area contributed by atoms with Gasteiger partial charge in [-0.25, -0.2) is 9.37 Å². The van der Waals surface area contributed by atoms with Crippen LogP contribution in [0.1, 0.15) is 16.8 Å². The lowest BCUT2D eigenvalue weighted by Gasteiger charge is -2.21. The smallest absolute Gasteiger partial charge is 0.279 e. The van der Waals surface area contributed by atoms with Crippen LogP contribution in [0.25, 0.3) is 10.2 Å². The minimum absolute atomic E-state index is 0.0395. The van der Waals surface area contributed by atoms with E-state index in [1.54, 1.807) is 19.1 Å². The molecule has 28 heavy (non-hydrogen) atoms. The molecule has 1 aromatic carbocycles. The van der Waals surface area contributed by atoms with Crippen molar-refractivity contribution in [3.8, 4) is 0 Å². The number of nitrogens with zero attached hydrogens (tertiary/aromatic N) is 2. The molecule has 0 saturated heterocycles. The molecule has 0 aliphatic carbocycles. The fourth-order valence-corrected chi connectivity index (χ4v) is 4.10. The number of nitrogens with one attached hydrogen (secondary N) is 2. The molecular weight excluding hydrogens is 502 g/mol. The Labute approximate surface area is 177 Å². The van der Waals surface area contributed by atoms with Crippen LogP contribution in [0.2, 0.25) is 0 Å². The zero-order valence-electron chi connectivity index (χ0n) is 15.0. The van der Waals surface area contributed by atoms with Gasteiger partial charge in [-0.15, -0.1) is 11.3 Å². The summed E-state index contributed by atoms with van der Waals surface area (Å²) in [5.74, 6) is -0.293. The molecule has 4 N–H and O–H groups in total. The predicted octanol–water partition coefficient (Wildman–Crippen LogP) is 2.30. The standard InChI is InChI=1S/C17H18FIN4O4S/c1-8-20-13-14(28-8)12(16(25)22-27-6-5-24)15(23(2)17(13)26)21-11-4-3-9(19)7-10(11)18/h3-4,7,16,21-22,24-25H,5-6H2,1-2H3. The number of anilines is 2. The summed E-state index contributed by atoms with van der Waals surface area (Å²) in [6.45, 7) is 1.48. The third kappa shape index (κ3) is 4.18. The number of aromatic nitrogens is 2. The van der Waals surface area contributed by atoms with Gasteiger partial charge >= 0.3 is 0 Å². The number of aryl methyl sites for hydroxylation is 1. The van der Waals surface area contributed by atoms with Gasteiger partial charge in [0.25, 0.3) is 5.56 Å². The van der Waals surface area contributed by atoms with Crippen molar-refractivity contribution in [2.75, 3.05) is 18.5 Å². The fourth-order valence-electron chi connectivity index (χ4n) is 2.67. The van der Waals surface area contributed by atoms with Gasteiger partial charge < -0.3 is 15.5 Å². The highest BCUT2D eigenvalue weighted by molar-refractivity contribution is 14.1. The van der Waals surface area contributed by atoms with E-state index in [0.29, 0.717) is 15.3 Å². The van der Waals surface area contributed by atoms with Crippen LogP contribution < -0.4 is 16.4 Å². The van der Waals surface area contributed by atoms with E-state index in [-0.39, 0.29) is 35.8 Å². The molecule has 3 rings (SSSR count). The Kier molecular flexibility index (Phi) is 6.62. The summed E-state index contributed by atoms with van der Waals surface area (Å²) in [5.41, 5.74) is 2.70. The second-order valence-electron chi connectivity index (χ2n) is 5.88. The van der Waals surface area contributed by atoms with Crippen molar-refractivity contribution in [2.45, 2.75) is 13.2 Å². The molecule has 11 heteroatoms. The van der Waals surface area contributed by atoms with Crippen molar-refractivity contribution in [2.24, 2.45) is 7.05 Å². The van der Waals surface area contributed by atoms with Gasteiger partial charge in [-0.1, -0.05) is 0 Å². The molecule has 0 bridgehead atoms. The number of hydroxylamine groups is 1. The molecule has 0 radical (unpaired) electrons. The molecule has 8 nitrogen and oxygen atoms in total. The first-order valence-electron chi connectivity index (χ1n) is 8.21. The number of fused-ring (bicyclic) bond motifs is 1. The van der Waals surface area contributed by atoms with Gasteiger partial charge in [0, 0.05) is 10.6 Å². The summed E-state index contributed by atoms with van der Waals surface area (Å²) in [6.07, 6.45) is -1.35. The second kappa shape index (κ2) is 8.80. The maximum absolute atomic E-state index is 14.4. The molecule has 0 fully saturated rings. The number of aliphatic hydroxyl groups excluding tert-OH is 2. The highest BCUT2D eigenvalue weighted by Crippen LogP contribution is 2.34. The summed E-state index contributed by atoms with van der Waals surface area (Å²) in [5, 5.41) is 23.1. The highest BCUT2D eigenvalue weighted by Gasteiger charge is 2.24. The van der Waals surface area contributed by atoms with Crippen LogP contribution in [0.15, 0.2) is 23.0 Å². The first-order valence-corrected chi connectivity index (χ1v) is 10.1. The zero-order valence-corrected chi connectivity index (χ0v) is 18.0. The maximum Gasteiger partial charge on any atom is 0.279 e. The summed E-state index contributed by atoms with van der Waals surface area (Å²) in [4.78, 5) is 22.0. The third-order valence-electron chi connectivity index (χ3n) is 3.92. The van der Waals surface area contributed by atoms with Crippen LogP contribution in [0.3, 0.4) is 0 Å². The molecule has 0 aliphatic rings. The number of pyridine rings is 1. The van der Waals surface area contributed by atoms with E-state index < -0.39 is 12.0 Å². The zero-order chi connectivity index (χ0) is 20.4. The largest absolute Gasteiger partial charge is 0.394 e. The molecule has 0 spiro atoms. The van der Waals surface area contributed by atoms with Gasteiger partial charge in [0.1, 0.15) is 17.2 Å². The topological polar surface area (TPSA) is 109 Å². The number of aliphatic hydroxyl groups is 2. The van der Waals surface area contributed by atoms with E-state index >= 15 is 0 Å². The average Bonchev–Trinajstić information content (AvgIpc) is 3.03. The summed E-state index contributed by atoms with van der Waals surface area (Å²) < 4.78 is 16.8. The molecule has 0 amide bonds. The van der Waals surface area contributed by atoms with Crippen LogP contribution in [0.4, 0.5) is 15.9 Å². The highest BCUT2D eigenvalue weighted by atomic mass is 127. The van der Waals surface area contributed by atoms with Crippen molar-refractivity contribution in [3.05, 3.63) is 48.5 Å². The summed E-state index contributed by atoms with van der Waals surface area (Å²) >= 11 is 3.24. The Hall–Kier alpha value is -1.64. The molecule has 0 saturated carbocycles. The third-order valence-corrected chi connectivity index (χ3v) is 5.60. The monoisotopic (exact) mass is 520 g/mol. The molecular formula is C17H18FIN4O4S. The normalized spacial score (nSPS) is 12.5. The van der Waals surface area contributed by atoms with E-state index in [0.717, 1.165) is 3.57 Å². The van der Waals surface area contributed by atoms with Gasteiger partial charge in [0.05, 0.1) is 34.2 Å². The van der Waals surface area contributed by atoms with E-state index in [1.807, 2.05) is 22.6 Å². The van der Waals surface area contributed by atoms with Crippen LogP contribution in [0, 0.1) is 16.3 Å². The minimum Gasteiger partial charge on any atom is -0.394 e. The fraction of sp³-hybridized carbons (Fsp3) is 0.294. The number of benzene rings is 1. The minimum atomic E-state index is -1.35. The quantitative estimate of drug-likeness (QED) is 0.164. The Balaban J connectivity index is 2.17. The van der Waals surface area contributed by atoms with E-state index in [1.165, 1.54) is 29.0 Å². The van der Waals surface area contributed by atoms with Crippen molar-refractivity contribution in [1.82, 2.24) is 15.0 Å². The van der Waals surface area contributed by atoms with Gasteiger partial charge in [-0.3, -0.25) is 14.2 Å². The Morgan fingerprint density at radius 1 is 1.46 bits per heavy atom. The van der Waals surface area contributed by atoms with Crippen LogP contribution in [-0.4, -0.2) is 33.0 Å². The van der Waals surface area contributed by atoms with Crippen molar-refractivity contribution in [3.63, 3.8) is 0 Å². The number of hydrogen-bond donors (Lipinski definition) is 4. The predicted molar refractivity (Wildman–Crippen MR) is 113 cm³/mol. The van der Waals surface area contributed by atoms with Crippen LogP contribution in [0.5, 0.6) is 0 Å². The molecule has 2 heterocycles. The molecule has 3 aromatic rings. The number of hydrogen-bond acceptors (Lipinski definition) is 8. The first kappa shape index (κ1) is 21.1. The van der Waals surface area contributed by atoms with E-state index in [2.05, 4.69) is 15.8 Å². The van der Waals surface area contributed by atoms with Crippen molar-refractivity contribution < 1.29 is 19.4 Å². The van der Waals surface area contributed by atoms with Gasteiger partial charge in [0.2, 0.25) is 0 Å². The lowest BCUT2D eigenvalue weighted by Crippen LogP contribution is -2.28. The first-order chi connectivity index (χ1) is 13.3. The average molecular weight is 520 g/mol. The lowest BCUT2D eigenvalue weighted by atomic mass is 10.2. The van der Waals surface area contributed by atoms with Gasteiger partial charge in [-0.2, -0.15) is 5.48 Å². The lowest BCUT2D eigenvalue weighted by molar-refractivity contribution is -0.0669. The molecule has 0 aliphatic heterocycles. The Morgan fingerprint density at radius 2 is 2.21 bits per heavy atom. The summed E-state index contributed by atoms with van der Waals surface area (Å²) in [7, 11) is 1.51. The SMILES string of the molecule is Cc1nc2c(=O)n(C)c(Nc3ccc(I)cc3F)c(C(O)NOCCO)c2s1. The van der Waals surface area contributed by atoms with Crippen molar-refractivity contribution >= 4 is 55.6 Å². The number of halogens is 2. The van der Waals surface area contributed by atoms with Crippen LogP contribution in [-0.2, 0) is 11.9 Å². The van der Waals surface area contributed by atoms with Crippen LogP contribution >= 0.6 is 33.9 Å². The second-order valence-corrected chi connectivity index (χ2v) is 8.33. The van der Waals surface area contributed by atoms with Gasteiger partial charge in [0.15, 0.2) is 6.23 Å². The van der Waals surface area contributed by atoms with Gasteiger partial charge in [-0.05, 0) is 47.7 Å². The Morgan fingerprint density at radius 3 is 2.89 bits per heavy atom. The van der Waals surface area contributed by atoms with Crippen molar-refractivity contribution in [1.29, 1.82) is 0 Å². The molecule has 2 aromatic heterocycles. The molecule has 150 valence electrons. The van der Waals surface area contributed by atoms with E-state index in [9.17, 15) is 14.3 Å². The number of thiazole rings is 1. The summed E-state index contributed by atoms with van der Waals surface area (Å²) in [6, 6.07) is 4.63. The Bertz CT molecular complexity index is 1070. The van der Waals surface area contributed by atoms with E-state index in [4.69, 9.17) is 9.94 Å². The molecule has 1 atom stereocenters. The number of rotatable bonds is 7.